The molecule has 0 saturated heterocycles. The lowest BCUT2D eigenvalue weighted by molar-refractivity contribution is -0.121. The molecule has 0 aliphatic carbocycles. The van der Waals surface area contributed by atoms with Gasteiger partial charge in [0, 0.05) is 13.6 Å². The van der Waals surface area contributed by atoms with E-state index in [4.69, 9.17) is 0 Å². The maximum absolute atomic E-state index is 12.3. The van der Waals surface area contributed by atoms with Crippen LogP contribution in [0.15, 0.2) is 44.4 Å². The zero-order chi connectivity index (χ0) is 17.0. The van der Waals surface area contributed by atoms with Gasteiger partial charge < -0.3 is 5.32 Å². The zero-order valence-electron chi connectivity index (χ0n) is 12.7. The zero-order valence-corrected chi connectivity index (χ0v) is 16.0. The van der Waals surface area contributed by atoms with Gasteiger partial charge in [-0.2, -0.15) is 4.31 Å². The van der Waals surface area contributed by atoms with Crippen LogP contribution in [0.5, 0.6) is 0 Å². The van der Waals surface area contributed by atoms with Crippen LogP contribution in [-0.4, -0.2) is 32.2 Å². The topological polar surface area (TPSA) is 66.5 Å². The normalized spacial score (nSPS) is 11.7. The lowest BCUT2D eigenvalue weighted by Gasteiger charge is -2.15. The number of sulfonamides is 1. The maximum Gasteiger partial charge on any atom is 0.252 e. The SMILES string of the molecule is Cc1ccc(CNC(=O)CN(C)S(=O)(=O)c2ccc(Br)s2)cc1. The minimum atomic E-state index is -3.64. The van der Waals surface area contributed by atoms with E-state index in [0.717, 1.165) is 30.6 Å². The third-order valence-electron chi connectivity index (χ3n) is 3.19. The number of hydrogen-bond acceptors (Lipinski definition) is 4. The molecule has 23 heavy (non-hydrogen) atoms. The molecule has 2 aromatic rings. The molecule has 1 N–H and O–H groups in total. The molecule has 1 heterocycles. The van der Waals surface area contributed by atoms with Crippen molar-refractivity contribution < 1.29 is 13.2 Å². The van der Waals surface area contributed by atoms with E-state index in [1.54, 1.807) is 6.07 Å². The Morgan fingerprint density at radius 1 is 1.22 bits per heavy atom. The highest BCUT2D eigenvalue weighted by Crippen LogP contribution is 2.27. The molecule has 0 spiro atoms. The molecular weight excluding hydrogens is 400 g/mol. The molecule has 0 fully saturated rings. The summed E-state index contributed by atoms with van der Waals surface area (Å²) in [5, 5.41) is 2.73. The van der Waals surface area contributed by atoms with E-state index >= 15 is 0 Å². The van der Waals surface area contributed by atoms with Gasteiger partial charge >= 0.3 is 0 Å². The van der Waals surface area contributed by atoms with Crippen molar-refractivity contribution in [3.05, 3.63) is 51.3 Å². The number of carbonyl (C=O) groups is 1. The van der Waals surface area contributed by atoms with Crippen molar-refractivity contribution >= 4 is 43.2 Å². The van der Waals surface area contributed by atoms with E-state index in [9.17, 15) is 13.2 Å². The van der Waals surface area contributed by atoms with Crippen LogP contribution in [0.3, 0.4) is 0 Å². The number of nitrogens with one attached hydrogen (secondary N) is 1. The van der Waals surface area contributed by atoms with Crippen molar-refractivity contribution in [3.63, 3.8) is 0 Å². The van der Waals surface area contributed by atoms with Gasteiger partial charge in [0.25, 0.3) is 10.0 Å². The molecule has 0 radical (unpaired) electrons. The van der Waals surface area contributed by atoms with Crippen LogP contribution >= 0.6 is 27.3 Å². The molecule has 2 rings (SSSR count). The monoisotopic (exact) mass is 416 g/mol. The molecule has 1 amide bonds. The number of carbonyl (C=O) groups excluding carboxylic acids is 1. The van der Waals surface area contributed by atoms with Gasteiger partial charge in [-0.15, -0.1) is 11.3 Å². The smallest absolute Gasteiger partial charge is 0.252 e. The van der Waals surface area contributed by atoms with E-state index < -0.39 is 10.0 Å². The van der Waals surface area contributed by atoms with Crippen molar-refractivity contribution in [2.75, 3.05) is 13.6 Å². The highest BCUT2D eigenvalue weighted by atomic mass is 79.9. The minimum Gasteiger partial charge on any atom is -0.351 e. The predicted molar refractivity (Wildman–Crippen MR) is 94.9 cm³/mol. The number of thiophene rings is 1. The van der Waals surface area contributed by atoms with Crippen molar-refractivity contribution in [2.45, 2.75) is 17.7 Å². The molecule has 1 aromatic carbocycles. The summed E-state index contributed by atoms with van der Waals surface area (Å²) in [6.45, 7) is 2.15. The number of halogens is 1. The number of nitrogens with zero attached hydrogens (tertiary/aromatic N) is 1. The predicted octanol–water partition coefficient (Wildman–Crippen LogP) is 2.76. The van der Waals surface area contributed by atoms with Crippen LogP contribution in [0.25, 0.3) is 0 Å². The summed E-state index contributed by atoms with van der Waals surface area (Å²) in [7, 11) is -2.24. The molecule has 124 valence electrons. The molecule has 0 aliphatic rings. The molecule has 1 aromatic heterocycles. The Morgan fingerprint density at radius 3 is 2.43 bits per heavy atom. The third kappa shape index (κ3) is 4.87. The van der Waals surface area contributed by atoms with Gasteiger partial charge in [-0.1, -0.05) is 29.8 Å². The summed E-state index contributed by atoms with van der Waals surface area (Å²) in [6, 6.07) is 11.0. The Morgan fingerprint density at radius 2 is 1.87 bits per heavy atom. The highest BCUT2D eigenvalue weighted by molar-refractivity contribution is 9.11. The lowest BCUT2D eigenvalue weighted by atomic mass is 10.1. The Kier molecular flexibility index (Phi) is 5.96. The van der Waals surface area contributed by atoms with Crippen molar-refractivity contribution in [1.29, 1.82) is 0 Å². The fraction of sp³-hybridized carbons (Fsp3) is 0.267. The molecule has 0 unspecified atom stereocenters. The second-order valence-corrected chi connectivity index (χ2v) is 9.82. The highest BCUT2D eigenvalue weighted by Gasteiger charge is 2.24. The second kappa shape index (κ2) is 7.57. The quantitative estimate of drug-likeness (QED) is 0.786. The molecular formula is C15H17BrN2O3S2. The van der Waals surface area contributed by atoms with Crippen molar-refractivity contribution in [3.8, 4) is 0 Å². The first-order valence-electron chi connectivity index (χ1n) is 6.83. The van der Waals surface area contributed by atoms with Gasteiger partial charge in [0.05, 0.1) is 10.3 Å². The van der Waals surface area contributed by atoms with Crippen LogP contribution in [-0.2, 0) is 21.4 Å². The number of hydrogen-bond donors (Lipinski definition) is 1. The maximum atomic E-state index is 12.3. The fourth-order valence-corrected chi connectivity index (χ4v) is 5.19. The number of likely N-dealkylation sites (N-methyl/N-ethyl adjacent to an activating group) is 1. The first kappa shape index (κ1) is 18.1. The van der Waals surface area contributed by atoms with Crippen LogP contribution in [0, 0.1) is 6.92 Å². The molecule has 0 aliphatic heterocycles. The summed E-state index contributed by atoms with van der Waals surface area (Å²) in [6.07, 6.45) is 0. The average molecular weight is 417 g/mol. The van der Waals surface area contributed by atoms with Crippen LogP contribution in [0.4, 0.5) is 0 Å². The number of amides is 1. The Bertz CT molecular complexity index is 785. The molecule has 0 bridgehead atoms. The van der Waals surface area contributed by atoms with Crippen molar-refractivity contribution in [2.24, 2.45) is 0 Å². The first-order valence-corrected chi connectivity index (χ1v) is 9.88. The number of aryl methyl sites for hydroxylation is 1. The first-order chi connectivity index (χ1) is 10.8. The standard InChI is InChI=1S/C15H17BrN2O3S2/c1-11-3-5-12(6-4-11)9-17-14(19)10-18(2)23(20,21)15-8-7-13(16)22-15/h3-8H,9-10H2,1-2H3,(H,17,19). The van der Waals surface area contributed by atoms with E-state index in [1.165, 1.54) is 13.1 Å². The molecule has 0 atom stereocenters. The molecule has 8 heteroatoms. The van der Waals surface area contributed by atoms with Gasteiger partial charge in [0.2, 0.25) is 5.91 Å². The van der Waals surface area contributed by atoms with E-state index in [-0.39, 0.29) is 16.7 Å². The summed E-state index contributed by atoms with van der Waals surface area (Å²) in [5.74, 6) is -0.340. The number of rotatable bonds is 6. The van der Waals surface area contributed by atoms with Crippen LogP contribution in [0.1, 0.15) is 11.1 Å². The molecule has 0 saturated carbocycles. The van der Waals surface area contributed by atoms with E-state index in [0.29, 0.717) is 6.54 Å². The third-order valence-corrected chi connectivity index (χ3v) is 7.08. The Hall–Kier alpha value is -1.22. The fourth-order valence-electron chi connectivity index (χ4n) is 1.84. The Labute approximate surface area is 148 Å². The second-order valence-electron chi connectivity index (χ2n) is 5.08. The van der Waals surface area contributed by atoms with Crippen molar-refractivity contribution in [1.82, 2.24) is 9.62 Å². The lowest BCUT2D eigenvalue weighted by Crippen LogP contribution is -2.37. The van der Waals surface area contributed by atoms with Crippen LogP contribution in [0.2, 0.25) is 0 Å². The summed E-state index contributed by atoms with van der Waals surface area (Å²) in [4.78, 5) is 12.0. The van der Waals surface area contributed by atoms with Gasteiger partial charge in [-0.25, -0.2) is 8.42 Å². The summed E-state index contributed by atoms with van der Waals surface area (Å²) >= 11 is 4.35. The van der Waals surface area contributed by atoms with Gasteiger partial charge in [0.1, 0.15) is 4.21 Å². The number of benzene rings is 1. The molecule has 5 nitrogen and oxygen atoms in total. The van der Waals surface area contributed by atoms with Gasteiger partial charge in [-0.3, -0.25) is 4.79 Å². The minimum absolute atomic E-state index is 0.207. The average Bonchev–Trinajstić information content (AvgIpc) is 2.94. The largest absolute Gasteiger partial charge is 0.351 e. The van der Waals surface area contributed by atoms with Crippen LogP contribution < -0.4 is 5.32 Å². The van der Waals surface area contributed by atoms with Gasteiger partial charge in [0.15, 0.2) is 0 Å². The van der Waals surface area contributed by atoms with E-state index in [1.807, 2.05) is 31.2 Å². The summed E-state index contributed by atoms with van der Waals surface area (Å²) < 4.78 is 26.6. The van der Waals surface area contributed by atoms with E-state index in [2.05, 4.69) is 21.2 Å². The Balaban J connectivity index is 1.93. The van der Waals surface area contributed by atoms with Gasteiger partial charge in [-0.05, 0) is 40.5 Å². The summed E-state index contributed by atoms with van der Waals surface area (Å²) in [5.41, 5.74) is 2.12.